The van der Waals surface area contributed by atoms with Crippen molar-refractivity contribution in [1.82, 2.24) is 45.4 Å². The van der Waals surface area contributed by atoms with E-state index in [0.717, 1.165) is 94.5 Å². The summed E-state index contributed by atoms with van der Waals surface area (Å²) < 4.78 is 9.64. The molecule has 1 aliphatic carbocycles. The molecular formula is C50H59N9O6. The number of hydrogen-bond donors (Lipinski definition) is 4. The highest BCUT2D eigenvalue weighted by Crippen LogP contribution is 2.42. The summed E-state index contributed by atoms with van der Waals surface area (Å²) in [5.41, 5.74) is 10.2. The minimum Gasteiger partial charge on any atom is -0.453 e. The molecule has 2 saturated heterocycles. The number of pyridine rings is 1. The number of rotatable bonds is 11. The van der Waals surface area contributed by atoms with Crippen LogP contribution in [0, 0.1) is 11.8 Å². The maximum absolute atomic E-state index is 13.9. The van der Waals surface area contributed by atoms with Gasteiger partial charge >= 0.3 is 12.2 Å². The molecule has 4 amide bonds. The number of methoxy groups -OCH3 is 2. The first-order valence-corrected chi connectivity index (χ1v) is 22.7. The van der Waals surface area contributed by atoms with Crippen molar-refractivity contribution >= 4 is 41.0 Å². The van der Waals surface area contributed by atoms with Crippen LogP contribution in [0.5, 0.6) is 0 Å². The molecule has 5 aromatic rings. The standard InChI is InChI=1S/C50H59N9O6/c1-28(2)42(56-49(62)64-6)47(60)58-24-10-15-40(58)45-52-26-38(54-45)35-21-19-32(31-13-8-12-30(5)17-18-33(31)35)34-20-22-37(44-36(34)14-9-23-51-44)39-27-53-46(55-39)41-16-11-25-59(41)48(61)43(29(3)4)57-50(63)65-7/h8-9,12-14,19-23,26-29,40-43H,10-11,15-18,24-25H2,1-7H3,(H,52,54)(H,53,55)(H,56,62)(H,57,63)/b13-8-,30-12?. The largest absolute Gasteiger partial charge is 0.453 e. The second-order valence-electron chi connectivity index (χ2n) is 17.9. The topological polar surface area (TPSA) is 188 Å². The number of alkyl carbamates (subject to hydrolysis) is 2. The Balaban J connectivity index is 1.12. The summed E-state index contributed by atoms with van der Waals surface area (Å²) in [6.45, 7) is 10.9. The SMILES string of the molecule is COC(=O)NC(C(=O)N1CCCC1c1ncc(-c2ccc(-c3ccc(-c4cnc(C5CCCN5C(=O)C(NC(=O)OC)C(C)C)[nH]4)c4ncccc34)c3c2CCC(C)=C/C=C\3)[nH]1)C(C)C. The molecule has 0 saturated carbocycles. The van der Waals surface area contributed by atoms with E-state index in [1.807, 2.05) is 56.0 Å². The molecule has 2 aliphatic heterocycles. The van der Waals surface area contributed by atoms with Crippen molar-refractivity contribution in [3.63, 3.8) is 0 Å². The molecule has 4 atom stereocenters. The average molecular weight is 882 g/mol. The summed E-state index contributed by atoms with van der Waals surface area (Å²) in [6, 6.07) is 10.7. The molecular weight excluding hydrogens is 823 g/mol. The highest BCUT2D eigenvalue weighted by Gasteiger charge is 2.39. The molecule has 0 bridgehead atoms. The number of ether oxygens (including phenoxy) is 2. The van der Waals surface area contributed by atoms with E-state index in [1.54, 1.807) is 6.20 Å². The molecule has 8 rings (SSSR count). The highest BCUT2D eigenvalue weighted by atomic mass is 16.5. The number of aromatic nitrogens is 5. The van der Waals surface area contributed by atoms with Gasteiger partial charge in [0.1, 0.15) is 23.7 Å². The number of carbonyl (C=O) groups is 4. The fourth-order valence-electron chi connectivity index (χ4n) is 9.62. The number of carbonyl (C=O) groups excluding carboxylic acids is 4. The summed E-state index contributed by atoms with van der Waals surface area (Å²) in [6.07, 6.45) is 15.6. The maximum Gasteiger partial charge on any atom is 0.407 e. The number of imidazole rings is 2. The minimum absolute atomic E-state index is 0.129. The molecule has 3 aliphatic rings. The normalized spacial score (nSPS) is 18.8. The van der Waals surface area contributed by atoms with Gasteiger partial charge in [0, 0.05) is 35.8 Å². The van der Waals surface area contributed by atoms with Crippen LogP contribution in [0.3, 0.4) is 0 Å². The smallest absolute Gasteiger partial charge is 0.407 e. The summed E-state index contributed by atoms with van der Waals surface area (Å²) in [5, 5.41) is 6.45. The predicted molar refractivity (Wildman–Crippen MR) is 249 cm³/mol. The van der Waals surface area contributed by atoms with Crippen molar-refractivity contribution in [1.29, 1.82) is 0 Å². The van der Waals surface area contributed by atoms with Crippen molar-refractivity contribution in [3.8, 4) is 33.6 Å². The van der Waals surface area contributed by atoms with Crippen LogP contribution >= 0.6 is 0 Å². The van der Waals surface area contributed by atoms with Crippen LogP contribution in [0.4, 0.5) is 9.59 Å². The zero-order chi connectivity index (χ0) is 45.9. The summed E-state index contributed by atoms with van der Waals surface area (Å²) >= 11 is 0. The first kappa shape index (κ1) is 44.8. The Hall–Kier alpha value is -6.77. The lowest BCUT2D eigenvalue weighted by molar-refractivity contribution is -0.136. The number of nitrogens with zero attached hydrogens (tertiary/aromatic N) is 5. The maximum atomic E-state index is 13.9. The van der Waals surface area contributed by atoms with E-state index in [4.69, 9.17) is 24.4 Å². The van der Waals surface area contributed by atoms with E-state index in [9.17, 15) is 19.2 Å². The summed E-state index contributed by atoms with van der Waals surface area (Å²) in [7, 11) is 2.59. The first-order chi connectivity index (χ1) is 31.4. The zero-order valence-electron chi connectivity index (χ0n) is 38.2. The molecule has 15 nitrogen and oxygen atoms in total. The van der Waals surface area contributed by atoms with E-state index in [-0.39, 0.29) is 35.7 Å². The molecule has 340 valence electrons. The van der Waals surface area contributed by atoms with Gasteiger partial charge in [0.05, 0.1) is 55.6 Å². The van der Waals surface area contributed by atoms with Gasteiger partial charge in [0.25, 0.3) is 0 Å². The second-order valence-corrected chi connectivity index (χ2v) is 17.9. The Morgan fingerprint density at radius 3 is 1.82 bits per heavy atom. The lowest BCUT2D eigenvalue weighted by Gasteiger charge is -2.30. The van der Waals surface area contributed by atoms with Gasteiger partial charge in [0.15, 0.2) is 0 Å². The molecule has 3 aromatic heterocycles. The van der Waals surface area contributed by atoms with E-state index >= 15 is 0 Å². The third-order valence-corrected chi connectivity index (χ3v) is 13.1. The Morgan fingerprint density at radius 2 is 1.25 bits per heavy atom. The van der Waals surface area contributed by atoms with Crippen molar-refractivity contribution in [2.75, 3.05) is 27.3 Å². The predicted octanol–water partition coefficient (Wildman–Crippen LogP) is 8.68. The third kappa shape index (κ3) is 9.01. The lowest BCUT2D eigenvalue weighted by atomic mass is 9.85. The van der Waals surface area contributed by atoms with Crippen LogP contribution in [-0.4, -0.2) is 98.1 Å². The minimum atomic E-state index is -0.722. The van der Waals surface area contributed by atoms with Gasteiger partial charge in [-0.2, -0.15) is 0 Å². The molecule has 65 heavy (non-hydrogen) atoms. The zero-order valence-corrected chi connectivity index (χ0v) is 38.2. The van der Waals surface area contributed by atoms with Gasteiger partial charge in [0.2, 0.25) is 11.8 Å². The van der Waals surface area contributed by atoms with Gasteiger partial charge < -0.3 is 39.9 Å². The van der Waals surface area contributed by atoms with Crippen LogP contribution in [0.2, 0.25) is 0 Å². The quantitative estimate of drug-likeness (QED) is 0.101. The Kier molecular flexibility index (Phi) is 13.2. The number of amides is 4. The number of benzene rings is 2. The number of nitrogens with one attached hydrogen (secondary N) is 4. The fourth-order valence-corrected chi connectivity index (χ4v) is 9.62. The number of aromatic amines is 2. The van der Waals surface area contributed by atoms with Crippen LogP contribution < -0.4 is 10.6 Å². The second kappa shape index (κ2) is 19.1. The van der Waals surface area contributed by atoms with E-state index in [0.29, 0.717) is 18.9 Å². The summed E-state index contributed by atoms with van der Waals surface area (Å²) in [5.74, 6) is 0.843. The van der Waals surface area contributed by atoms with Gasteiger partial charge in [-0.15, -0.1) is 0 Å². The van der Waals surface area contributed by atoms with E-state index < -0.39 is 24.3 Å². The van der Waals surface area contributed by atoms with Crippen molar-refractivity contribution < 1.29 is 28.7 Å². The highest BCUT2D eigenvalue weighted by molar-refractivity contribution is 6.04. The molecule has 2 aromatic carbocycles. The first-order valence-electron chi connectivity index (χ1n) is 22.7. The van der Waals surface area contributed by atoms with Gasteiger partial charge in [-0.25, -0.2) is 19.6 Å². The molecule has 15 heteroatoms. The number of allylic oxidation sites excluding steroid dienone is 3. The number of H-pyrrole nitrogens is 2. The number of hydrogen-bond acceptors (Lipinski definition) is 9. The van der Waals surface area contributed by atoms with Crippen LogP contribution in [0.1, 0.15) is 102 Å². The number of likely N-dealkylation sites (tertiary alicyclic amines) is 2. The van der Waals surface area contributed by atoms with Crippen molar-refractivity contribution in [2.24, 2.45) is 11.8 Å². The molecule has 4 unspecified atom stereocenters. The lowest BCUT2D eigenvalue weighted by Crippen LogP contribution is -2.51. The molecule has 0 spiro atoms. The van der Waals surface area contributed by atoms with E-state index in [1.165, 1.54) is 25.4 Å². The number of fused-ring (bicyclic) bond motifs is 2. The molecule has 5 heterocycles. The van der Waals surface area contributed by atoms with Crippen molar-refractivity contribution in [2.45, 2.75) is 97.3 Å². The fraction of sp³-hybridized carbons (Fsp3) is 0.420. The average Bonchev–Trinajstić information content (AvgIpc) is 4.15. The van der Waals surface area contributed by atoms with Crippen LogP contribution in [-0.2, 0) is 25.5 Å². The van der Waals surface area contributed by atoms with Crippen LogP contribution in [0.25, 0.3) is 50.6 Å². The Morgan fingerprint density at radius 1 is 0.708 bits per heavy atom. The van der Waals surface area contributed by atoms with E-state index in [2.05, 4.69) is 76.1 Å². The molecule has 0 radical (unpaired) electrons. The van der Waals surface area contributed by atoms with Crippen LogP contribution in [0.15, 0.2) is 72.7 Å². The van der Waals surface area contributed by atoms with Crippen molar-refractivity contribution in [3.05, 3.63) is 95.5 Å². The van der Waals surface area contributed by atoms with Gasteiger partial charge in [-0.1, -0.05) is 75.8 Å². The summed E-state index contributed by atoms with van der Waals surface area (Å²) in [4.78, 5) is 77.5. The van der Waals surface area contributed by atoms with Gasteiger partial charge in [-0.3, -0.25) is 14.6 Å². The third-order valence-electron chi connectivity index (χ3n) is 13.1. The molecule has 4 N–H and O–H groups in total. The molecule has 2 fully saturated rings. The van der Waals surface area contributed by atoms with Gasteiger partial charge in [-0.05, 0) is 91.7 Å². The Bertz CT molecular complexity index is 2660. The Labute approximate surface area is 379 Å². The monoisotopic (exact) mass is 881 g/mol.